The standard InChI is InChI=1S/C12H17BrN2O4S/c1-12(2)8-15(6-10(7-16)19-12)20(17,18)11-3-9(13)4-14-5-11/h3-5,10,16H,6-8H2,1-2H3. The Morgan fingerprint density at radius 2 is 2.25 bits per heavy atom. The number of aliphatic hydroxyl groups is 1. The summed E-state index contributed by atoms with van der Waals surface area (Å²) in [5.41, 5.74) is -0.641. The minimum Gasteiger partial charge on any atom is -0.394 e. The van der Waals surface area contributed by atoms with Crippen LogP contribution in [0.15, 0.2) is 27.8 Å². The van der Waals surface area contributed by atoms with Gasteiger partial charge in [-0.25, -0.2) is 8.42 Å². The first-order valence-corrected chi connectivity index (χ1v) is 8.37. The smallest absolute Gasteiger partial charge is 0.244 e. The Bertz CT molecular complexity index is 591. The van der Waals surface area contributed by atoms with Gasteiger partial charge in [-0.05, 0) is 35.8 Å². The molecule has 2 heterocycles. The number of hydrogen-bond donors (Lipinski definition) is 1. The first-order chi connectivity index (χ1) is 9.24. The van der Waals surface area contributed by atoms with E-state index in [1.807, 2.05) is 0 Å². The van der Waals surface area contributed by atoms with Gasteiger partial charge in [0.15, 0.2) is 0 Å². The van der Waals surface area contributed by atoms with Crippen molar-refractivity contribution >= 4 is 26.0 Å². The lowest BCUT2D eigenvalue weighted by molar-refractivity contribution is -0.131. The van der Waals surface area contributed by atoms with Crippen LogP contribution in [-0.2, 0) is 14.8 Å². The maximum atomic E-state index is 12.6. The fourth-order valence-electron chi connectivity index (χ4n) is 2.20. The highest BCUT2D eigenvalue weighted by molar-refractivity contribution is 9.10. The first-order valence-electron chi connectivity index (χ1n) is 6.14. The lowest BCUT2D eigenvalue weighted by Gasteiger charge is -2.41. The largest absolute Gasteiger partial charge is 0.394 e. The predicted octanol–water partition coefficient (Wildman–Crippen LogP) is 1.00. The fourth-order valence-corrected chi connectivity index (χ4v) is 4.33. The zero-order valence-corrected chi connectivity index (χ0v) is 13.7. The lowest BCUT2D eigenvalue weighted by atomic mass is 10.1. The number of morpholine rings is 1. The average Bonchev–Trinajstić information content (AvgIpc) is 2.36. The Morgan fingerprint density at radius 3 is 2.85 bits per heavy atom. The molecule has 1 unspecified atom stereocenters. The van der Waals surface area contributed by atoms with Gasteiger partial charge in [-0.15, -0.1) is 0 Å². The molecule has 1 atom stereocenters. The van der Waals surface area contributed by atoms with Gasteiger partial charge in [-0.3, -0.25) is 4.98 Å². The van der Waals surface area contributed by atoms with E-state index >= 15 is 0 Å². The van der Waals surface area contributed by atoms with Gasteiger partial charge < -0.3 is 9.84 Å². The topological polar surface area (TPSA) is 79.7 Å². The van der Waals surface area contributed by atoms with Crippen molar-refractivity contribution in [2.75, 3.05) is 19.7 Å². The number of halogens is 1. The van der Waals surface area contributed by atoms with Gasteiger partial charge in [-0.2, -0.15) is 4.31 Å². The summed E-state index contributed by atoms with van der Waals surface area (Å²) in [4.78, 5) is 4.01. The lowest BCUT2D eigenvalue weighted by Crippen LogP contribution is -2.55. The van der Waals surface area contributed by atoms with Gasteiger partial charge in [-0.1, -0.05) is 0 Å². The third-order valence-electron chi connectivity index (χ3n) is 2.97. The summed E-state index contributed by atoms with van der Waals surface area (Å²) >= 11 is 3.22. The van der Waals surface area contributed by atoms with Crippen molar-refractivity contribution in [3.05, 3.63) is 22.9 Å². The molecule has 6 nitrogen and oxygen atoms in total. The molecule has 0 saturated carbocycles. The summed E-state index contributed by atoms with van der Waals surface area (Å²) in [6.07, 6.45) is 2.32. The van der Waals surface area contributed by atoms with Crippen LogP contribution in [0.4, 0.5) is 0 Å². The second kappa shape index (κ2) is 5.69. The summed E-state index contributed by atoms with van der Waals surface area (Å²) in [6, 6.07) is 1.51. The highest BCUT2D eigenvalue weighted by Crippen LogP contribution is 2.27. The highest BCUT2D eigenvalue weighted by Gasteiger charge is 2.39. The van der Waals surface area contributed by atoms with Crippen molar-refractivity contribution in [2.45, 2.75) is 30.4 Å². The third-order valence-corrected chi connectivity index (χ3v) is 5.18. The zero-order valence-electron chi connectivity index (χ0n) is 11.3. The van der Waals surface area contributed by atoms with E-state index in [4.69, 9.17) is 4.74 Å². The highest BCUT2D eigenvalue weighted by atomic mass is 79.9. The van der Waals surface area contributed by atoms with E-state index in [-0.39, 0.29) is 24.6 Å². The van der Waals surface area contributed by atoms with E-state index in [1.165, 1.54) is 22.8 Å². The maximum absolute atomic E-state index is 12.6. The van der Waals surface area contributed by atoms with Crippen LogP contribution >= 0.6 is 15.9 Å². The van der Waals surface area contributed by atoms with Crippen LogP contribution in [0.3, 0.4) is 0 Å². The van der Waals surface area contributed by atoms with Crippen LogP contribution in [0.25, 0.3) is 0 Å². The van der Waals surface area contributed by atoms with Crippen molar-refractivity contribution in [1.82, 2.24) is 9.29 Å². The molecule has 0 bridgehead atoms. The van der Waals surface area contributed by atoms with Crippen molar-refractivity contribution in [3.8, 4) is 0 Å². The fraction of sp³-hybridized carbons (Fsp3) is 0.583. The predicted molar refractivity (Wildman–Crippen MR) is 76.7 cm³/mol. The molecular formula is C12H17BrN2O4S. The molecule has 8 heteroatoms. The molecule has 2 rings (SSSR count). The molecule has 1 saturated heterocycles. The molecule has 1 fully saturated rings. The van der Waals surface area contributed by atoms with Crippen LogP contribution < -0.4 is 0 Å². The molecule has 1 aliphatic heterocycles. The summed E-state index contributed by atoms with van der Waals surface area (Å²) in [5, 5.41) is 9.26. The number of pyridine rings is 1. The molecule has 0 amide bonds. The number of ether oxygens (including phenoxy) is 1. The van der Waals surface area contributed by atoms with Crippen LogP contribution in [0.5, 0.6) is 0 Å². The number of aromatic nitrogens is 1. The number of sulfonamides is 1. The maximum Gasteiger partial charge on any atom is 0.244 e. The van der Waals surface area contributed by atoms with Crippen molar-refractivity contribution in [3.63, 3.8) is 0 Å². The first kappa shape index (κ1) is 15.8. The zero-order chi connectivity index (χ0) is 15.0. The molecular weight excluding hydrogens is 348 g/mol. The van der Waals surface area contributed by atoms with Crippen LogP contribution in [-0.4, -0.2) is 54.2 Å². The van der Waals surface area contributed by atoms with Crippen molar-refractivity contribution in [1.29, 1.82) is 0 Å². The van der Waals surface area contributed by atoms with Crippen molar-refractivity contribution in [2.24, 2.45) is 0 Å². The minimum atomic E-state index is -3.65. The number of rotatable bonds is 3. The van der Waals surface area contributed by atoms with Gasteiger partial charge >= 0.3 is 0 Å². The quantitative estimate of drug-likeness (QED) is 0.865. The second-order valence-electron chi connectivity index (χ2n) is 5.32. The molecule has 20 heavy (non-hydrogen) atoms. The molecule has 0 spiro atoms. The number of hydrogen-bond acceptors (Lipinski definition) is 5. The van der Waals surface area contributed by atoms with E-state index < -0.39 is 21.7 Å². The molecule has 0 aliphatic carbocycles. The number of nitrogens with zero attached hydrogens (tertiary/aromatic N) is 2. The van der Waals surface area contributed by atoms with Gasteiger partial charge in [0.2, 0.25) is 10.0 Å². The van der Waals surface area contributed by atoms with E-state index in [9.17, 15) is 13.5 Å². The summed E-state index contributed by atoms with van der Waals surface area (Å²) in [6.45, 7) is 3.76. The third kappa shape index (κ3) is 3.37. The molecule has 1 aromatic heterocycles. The molecule has 1 aliphatic rings. The molecule has 0 radical (unpaired) electrons. The monoisotopic (exact) mass is 364 g/mol. The summed E-state index contributed by atoms with van der Waals surface area (Å²) in [5.74, 6) is 0. The van der Waals surface area contributed by atoms with Gasteiger partial charge in [0.05, 0.1) is 18.3 Å². The van der Waals surface area contributed by atoms with E-state index in [0.29, 0.717) is 4.47 Å². The van der Waals surface area contributed by atoms with E-state index in [1.54, 1.807) is 13.8 Å². The normalized spacial score (nSPS) is 23.7. The van der Waals surface area contributed by atoms with E-state index in [2.05, 4.69) is 20.9 Å². The van der Waals surface area contributed by atoms with Crippen molar-refractivity contribution < 1.29 is 18.3 Å². The Balaban J connectivity index is 2.33. The SMILES string of the molecule is CC1(C)CN(S(=O)(=O)c2cncc(Br)c2)CC(CO)O1. The van der Waals surface area contributed by atoms with Crippen LogP contribution in [0.1, 0.15) is 13.8 Å². The van der Waals surface area contributed by atoms with Crippen LogP contribution in [0.2, 0.25) is 0 Å². The van der Waals surface area contributed by atoms with Gasteiger partial charge in [0, 0.05) is 30.0 Å². The molecule has 1 N–H and O–H groups in total. The molecule has 0 aromatic carbocycles. The Kier molecular flexibility index (Phi) is 4.50. The summed E-state index contributed by atoms with van der Waals surface area (Å²) in [7, 11) is -3.65. The van der Waals surface area contributed by atoms with E-state index in [0.717, 1.165) is 0 Å². The minimum absolute atomic E-state index is 0.126. The average molecular weight is 365 g/mol. The Hall–Kier alpha value is -0.540. The Morgan fingerprint density at radius 1 is 1.55 bits per heavy atom. The summed E-state index contributed by atoms with van der Waals surface area (Å²) < 4.78 is 32.8. The second-order valence-corrected chi connectivity index (χ2v) is 8.17. The Labute approximate surface area is 126 Å². The van der Waals surface area contributed by atoms with Gasteiger partial charge in [0.1, 0.15) is 4.90 Å². The molecule has 112 valence electrons. The van der Waals surface area contributed by atoms with Crippen LogP contribution in [0, 0.1) is 0 Å². The number of aliphatic hydroxyl groups excluding tert-OH is 1. The molecule has 1 aromatic rings. The van der Waals surface area contributed by atoms with Gasteiger partial charge in [0.25, 0.3) is 0 Å².